The van der Waals surface area contributed by atoms with Crippen LogP contribution in [0.15, 0.2) is 24.3 Å². The normalized spacial score (nSPS) is 22.4. The molecule has 3 nitrogen and oxygen atoms in total. The van der Waals surface area contributed by atoms with Crippen molar-refractivity contribution in [1.29, 1.82) is 0 Å². The van der Waals surface area contributed by atoms with Gasteiger partial charge in [-0.15, -0.1) is 12.4 Å². The minimum Gasteiger partial charge on any atom is -0.480 e. The molecule has 1 saturated heterocycles. The summed E-state index contributed by atoms with van der Waals surface area (Å²) >= 11 is 0. The quantitative estimate of drug-likeness (QED) is 0.902. The van der Waals surface area contributed by atoms with Crippen LogP contribution in [0.2, 0.25) is 0 Å². The second kappa shape index (κ2) is 6.45. The fourth-order valence-corrected chi connectivity index (χ4v) is 2.52. The molecule has 1 heterocycles. The second-order valence-electron chi connectivity index (χ2n) is 4.68. The number of carboxylic acid groups (broad SMARTS) is 1. The van der Waals surface area contributed by atoms with E-state index in [0.29, 0.717) is 13.0 Å². The summed E-state index contributed by atoms with van der Waals surface area (Å²) in [6, 6.07) is 4.57. The van der Waals surface area contributed by atoms with E-state index in [1.54, 1.807) is 6.07 Å². The molecule has 0 spiro atoms. The molecule has 20 heavy (non-hydrogen) atoms. The molecule has 2 atom stereocenters. The molecule has 112 valence electrons. The van der Waals surface area contributed by atoms with Crippen LogP contribution in [0.25, 0.3) is 0 Å². The maximum absolute atomic E-state index is 12.8. The van der Waals surface area contributed by atoms with Crippen LogP contribution in [0.3, 0.4) is 0 Å². The van der Waals surface area contributed by atoms with Gasteiger partial charge in [-0.1, -0.05) is 18.2 Å². The smallest absolute Gasteiger partial charge is 0.416 e. The molecule has 1 aromatic rings. The monoisotopic (exact) mass is 309 g/mol. The highest BCUT2D eigenvalue weighted by atomic mass is 35.5. The van der Waals surface area contributed by atoms with E-state index in [9.17, 15) is 18.0 Å². The molecule has 0 aromatic heterocycles. The van der Waals surface area contributed by atoms with E-state index in [0.717, 1.165) is 6.07 Å². The molecule has 0 radical (unpaired) electrons. The highest BCUT2D eigenvalue weighted by molar-refractivity contribution is 5.85. The second-order valence-corrected chi connectivity index (χ2v) is 4.68. The van der Waals surface area contributed by atoms with Crippen LogP contribution in [0.5, 0.6) is 0 Å². The van der Waals surface area contributed by atoms with Crippen LogP contribution in [-0.4, -0.2) is 23.7 Å². The lowest BCUT2D eigenvalue weighted by molar-refractivity contribution is -0.140. The Hall–Kier alpha value is -1.27. The predicted molar refractivity (Wildman–Crippen MR) is 69.9 cm³/mol. The average Bonchev–Trinajstić information content (AvgIpc) is 2.76. The van der Waals surface area contributed by atoms with Gasteiger partial charge in [0, 0.05) is 0 Å². The summed E-state index contributed by atoms with van der Waals surface area (Å²) in [4.78, 5) is 11.0. The number of nitrogens with one attached hydrogen (secondary N) is 1. The van der Waals surface area contributed by atoms with E-state index >= 15 is 0 Å². The molecular formula is C13H15ClF3NO2. The van der Waals surface area contributed by atoms with E-state index in [4.69, 9.17) is 5.11 Å². The lowest BCUT2D eigenvalue weighted by atomic mass is 9.90. The first-order chi connectivity index (χ1) is 8.89. The third-order valence-electron chi connectivity index (χ3n) is 3.42. The number of hydrogen-bond donors (Lipinski definition) is 2. The van der Waals surface area contributed by atoms with Crippen molar-refractivity contribution in [2.75, 3.05) is 6.54 Å². The minimum atomic E-state index is -4.40. The first-order valence-electron chi connectivity index (χ1n) is 6.01. The van der Waals surface area contributed by atoms with Crippen LogP contribution in [-0.2, 0) is 17.4 Å². The van der Waals surface area contributed by atoms with E-state index in [2.05, 4.69) is 5.32 Å². The largest absolute Gasteiger partial charge is 0.480 e. The number of benzene rings is 1. The number of rotatable bonds is 3. The minimum absolute atomic E-state index is 0. The fraction of sp³-hybridized carbons (Fsp3) is 0.462. The van der Waals surface area contributed by atoms with E-state index in [1.807, 2.05) is 0 Å². The van der Waals surface area contributed by atoms with Crippen molar-refractivity contribution in [3.63, 3.8) is 0 Å². The van der Waals surface area contributed by atoms with Crippen molar-refractivity contribution in [1.82, 2.24) is 5.32 Å². The zero-order valence-corrected chi connectivity index (χ0v) is 11.3. The van der Waals surface area contributed by atoms with Crippen molar-refractivity contribution in [3.05, 3.63) is 35.4 Å². The van der Waals surface area contributed by atoms with Gasteiger partial charge in [-0.2, -0.15) is 13.2 Å². The molecule has 1 aliphatic heterocycles. The third kappa shape index (κ3) is 3.64. The Labute approximate surface area is 120 Å². The molecule has 0 aliphatic carbocycles. The summed E-state index contributed by atoms with van der Waals surface area (Å²) in [5.74, 6) is -1.31. The molecule has 1 fully saturated rings. The van der Waals surface area contributed by atoms with Gasteiger partial charge >= 0.3 is 12.1 Å². The number of carboxylic acids is 1. The molecular weight excluding hydrogens is 295 g/mol. The standard InChI is InChI=1S/C13H14F3NO2.ClH/c14-13(15,16)10-4-2-1-3-8(10)7-9-5-6-17-11(9)12(18)19;/h1-4,9,11,17H,5-7H2,(H,18,19);1H/t9?,11-;/m0./s1. The van der Waals surface area contributed by atoms with E-state index in [-0.39, 0.29) is 30.3 Å². The molecule has 1 unspecified atom stereocenters. The Bertz CT molecular complexity index is 479. The lowest BCUT2D eigenvalue weighted by Gasteiger charge is -2.18. The van der Waals surface area contributed by atoms with Crippen molar-refractivity contribution in [2.24, 2.45) is 5.92 Å². The summed E-state index contributed by atoms with van der Waals surface area (Å²) < 4.78 is 38.5. The fourth-order valence-electron chi connectivity index (χ4n) is 2.52. The summed E-state index contributed by atoms with van der Waals surface area (Å²) in [7, 11) is 0. The Balaban J connectivity index is 0.00000200. The van der Waals surface area contributed by atoms with Crippen LogP contribution in [0, 0.1) is 5.92 Å². The van der Waals surface area contributed by atoms with Gasteiger partial charge in [0.1, 0.15) is 6.04 Å². The molecule has 0 bridgehead atoms. The molecule has 0 saturated carbocycles. The molecule has 0 amide bonds. The van der Waals surface area contributed by atoms with Gasteiger partial charge < -0.3 is 10.4 Å². The van der Waals surface area contributed by atoms with Crippen LogP contribution >= 0.6 is 12.4 Å². The maximum Gasteiger partial charge on any atom is 0.416 e. The van der Waals surface area contributed by atoms with Gasteiger partial charge in [-0.25, -0.2) is 0 Å². The van der Waals surface area contributed by atoms with Crippen molar-refractivity contribution in [3.8, 4) is 0 Å². The van der Waals surface area contributed by atoms with Crippen LogP contribution < -0.4 is 5.32 Å². The summed E-state index contributed by atoms with van der Waals surface area (Å²) in [6.07, 6.45) is -3.70. The third-order valence-corrected chi connectivity index (χ3v) is 3.42. The van der Waals surface area contributed by atoms with Crippen LogP contribution in [0.1, 0.15) is 17.5 Å². The number of aliphatic carboxylic acids is 1. The Kier molecular flexibility index (Phi) is 5.42. The molecule has 2 N–H and O–H groups in total. The van der Waals surface area contributed by atoms with Crippen molar-refractivity contribution in [2.45, 2.75) is 25.1 Å². The zero-order valence-electron chi connectivity index (χ0n) is 10.5. The van der Waals surface area contributed by atoms with E-state index < -0.39 is 23.8 Å². The summed E-state index contributed by atoms with van der Waals surface area (Å²) in [6.45, 7) is 0.524. The lowest BCUT2D eigenvalue weighted by Crippen LogP contribution is -2.36. The van der Waals surface area contributed by atoms with Crippen LogP contribution in [0.4, 0.5) is 13.2 Å². The molecule has 7 heteroatoms. The predicted octanol–water partition coefficient (Wildman–Crippen LogP) is 2.73. The number of carbonyl (C=O) groups is 1. The maximum atomic E-state index is 12.8. The average molecular weight is 310 g/mol. The molecule has 2 rings (SSSR count). The van der Waals surface area contributed by atoms with Gasteiger partial charge in [0.05, 0.1) is 5.56 Å². The topological polar surface area (TPSA) is 49.3 Å². The highest BCUT2D eigenvalue weighted by Crippen LogP contribution is 2.34. The first kappa shape index (κ1) is 16.8. The number of halogens is 4. The summed E-state index contributed by atoms with van der Waals surface area (Å²) in [5, 5.41) is 11.8. The number of hydrogen-bond acceptors (Lipinski definition) is 2. The van der Waals surface area contributed by atoms with Crippen molar-refractivity contribution >= 4 is 18.4 Å². The van der Waals surface area contributed by atoms with Gasteiger partial charge in [0.2, 0.25) is 0 Å². The van der Waals surface area contributed by atoms with E-state index in [1.165, 1.54) is 12.1 Å². The molecule has 1 aliphatic rings. The van der Waals surface area contributed by atoms with Gasteiger partial charge in [-0.05, 0) is 36.9 Å². The Morgan fingerprint density at radius 3 is 2.60 bits per heavy atom. The van der Waals surface area contributed by atoms with Gasteiger partial charge in [0.15, 0.2) is 0 Å². The van der Waals surface area contributed by atoms with Gasteiger partial charge in [-0.3, -0.25) is 4.79 Å². The molecule has 1 aromatic carbocycles. The zero-order chi connectivity index (χ0) is 14.0. The van der Waals surface area contributed by atoms with Crippen molar-refractivity contribution < 1.29 is 23.1 Å². The summed E-state index contributed by atoms with van der Waals surface area (Å²) in [5.41, 5.74) is -0.513. The SMILES string of the molecule is Cl.O=C(O)[C@H]1NCCC1Cc1ccccc1C(F)(F)F. The van der Waals surface area contributed by atoms with Gasteiger partial charge in [0.25, 0.3) is 0 Å². The Morgan fingerprint density at radius 1 is 1.35 bits per heavy atom. The first-order valence-corrected chi connectivity index (χ1v) is 6.01. The highest BCUT2D eigenvalue weighted by Gasteiger charge is 2.37. The number of alkyl halides is 3. The Morgan fingerprint density at radius 2 is 2.00 bits per heavy atom.